The van der Waals surface area contributed by atoms with Gasteiger partial charge in [0.15, 0.2) is 11.5 Å². The van der Waals surface area contributed by atoms with Gasteiger partial charge in [-0.1, -0.05) is 18.2 Å². The van der Waals surface area contributed by atoms with Crippen LogP contribution in [0.2, 0.25) is 0 Å². The van der Waals surface area contributed by atoms with Gasteiger partial charge in [0.2, 0.25) is 0 Å². The van der Waals surface area contributed by atoms with Gasteiger partial charge in [0, 0.05) is 6.07 Å². The summed E-state index contributed by atoms with van der Waals surface area (Å²) in [5.74, 6) is 0.999. The van der Waals surface area contributed by atoms with E-state index in [-0.39, 0.29) is 4.90 Å². The summed E-state index contributed by atoms with van der Waals surface area (Å²) in [7, 11) is -0.615. The average Bonchev–Trinajstić information content (AvgIpc) is 2.47. The van der Waals surface area contributed by atoms with Gasteiger partial charge in [0.1, 0.15) is 0 Å². The number of anilines is 1. The van der Waals surface area contributed by atoms with Crippen molar-refractivity contribution in [1.82, 2.24) is 0 Å². The molecule has 0 fully saturated rings. The Morgan fingerprint density at radius 2 is 1.62 bits per heavy atom. The molecule has 0 spiro atoms. The number of aryl methyl sites for hydroxylation is 1. The molecule has 6 heteroatoms. The Morgan fingerprint density at radius 1 is 0.952 bits per heavy atom. The van der Waals surface area contributed by atoms with Crippen molar-refractivity contribution in [3.05, 3.63) is 48.0 Å². The highest BCUT2D eigenvalue weighted by Gasteiger charge is 2.17. The molecule has 0 aromatic heterocycles. The molecule has 2 rings (SSSR count). The molecule has 0 aliphatic carbocycles. The Morgan fingerprint density at radius 3 is 2.24 bits per heavy atom. The Labute approximate surface area is 124 Å². The molecule has 0 aliphatic heterocycles. The van der Waals surface area contributed by atoms with Gasteiger partial charge in [0.05, 0.1) is 24.8 Å². The van der Waals surface area contributed by atoms with Crippen molar-refractivity contribution in [3.63, 3.8) is 0 Å². The lowest BCUT2D eigenvalue weighted by Gasteiger charge is -2.12. The second kappa shape index (κ2) is 6.05. The molecule has 0 saturated carbocycles. The minimum atomic E-state index is -3.63. The maximum atomic E-state index is 12.4. The van der Waals surface area contributed by atoms with E-state index in [4.69, 9.17) is 9.47 Å². The van der Waals surface area contributed by atoms with Crippen molar-refractivity contribution in [1.29, 1.82) is 0 Å². The lowest BCUT2D eigenvalue weighted by Crippen LogP contribution is -2.14. The van der Waals surface area contributed by atoms with Crippen molar-refractivity contribution >= 4 is 15.7 Å². The van der Waals surface area contributed by atoms with Crippen LogP contribution in [0.3, 0.4) is 0 Å². The number of methoxy groups -OCH3 is 2. The first kappa shape index (κ1) is 15.2. The summed E-state index contributed by atoms with van der Waals surface area (Å²) in [5, 5.41) is 0. The first-order valence-electron chi connectivity index (χ1n) is 6.28. The Kier molecular flexibility index (Phi) is 4.37. The fraction of sp³-hybridized carbons (Fsp3) is 0.200. The van der Waals surface area contributed by atoms with Crippen LogP contribution in [0.25, 0.3) is 0 Å². The van der Waals surface area contributed by atoms with E-state index in [9.17, 15) is 8.42 Å². The highest BCUT2D eigenvalue weighted by atomic mass is 32.2. The largest absolute Gasteiger partial charge is 0.493 e. The quantitative estimate of drug-likeness (QED) is 0.922. The summed E-state index contributed by atoms with van der Waals surface area (Å²) in [4.78, 5) is 0.250. The number of ether oxygens (including phenoxy) is 2. The minimum Gasteiger partial charge on any atom is -0.493 e. The van der Waals surface area contributed by atoms with Crippen LogP contribution < -0.4 is 14.2 Å². The van der Waals surface area contributed by atoms with Gasteiger partial charge in [-0.25, -0.2) is 8.42 Å². The molecule has 0 bridgehead atoms. The Balaban J connectivity index is 2.35. The fourth-order valence-corrected chi connectivity index (χ4v) is 3.26. The Hall–Kier alpha value is -2.21. The van der Waals surface area contributed by atoms with Crippen LogP contribution in [0.5, 0.6) is 11.5 Å². The second-order valence-electron chi connectivity index (χ2n) is 4.44. The molecule has 5 nitrogen and oxygen atoms in total. The molecule has 2 aromatic rings. The van der Waals surface area contributed by atoms with Crippen molar-refractivity contribution in [2.75, 3.05) is 18.9 Å². The van der Waals surface area contributed by atoms with Crippen molar-refractivity contribution in [2.24, 2.45) is 0 Å². The van der Waals surface area contributed by atoms with E-state index in [0.29, 0.717) is 22.7 Å². The number of nitrogens with one attached hydrogen (secondary N) is 1. The molecular formula is C15H17NO4S. The predicted octanol–water partition coefficient (Wildman–Crippen LogP) is 2.81. The van der Waals surface area contributed by atoms with Gasteiger partial charge in [-0.2, -0.15) is 0 Å². The predicted molar refractivity (Wildman–Crippen MR) is 81.5 cm³/mol. The molecule has 0 unspecified atom stereocenters. The van der Waals surface area contributed by atoms with Gasteiger partial charge in [-0.15, -0.1) is 0 Å². The molecular weight excluding hydrogens is 290 g/mol. The molecule has 1 N–H and O–H groups in total. The monoisotopic (exact) mass is 307 g/mol. The number of benzene rings is 2. The molecule has 112 valence electrons. The topological polar surface area (TPSA) is 64.6 Å². The van der Waals surface area contributed by atoms with E-state index in [1.54, 1.807) is 49.4 Å². The third kappa shape index (κ3) is 3.28. The number of hydrogen-bond donors (Lipinski definition) is 1. The summed E-state index contributed by atoms with van der Waals surface area (Å²) in [6.07, 6.45) is 0. The fourth-order valence-electron chi connectivity index (χ4n) is 1.97. The molecule has 0 saturated heterocycles. The second-order valence-corrected chi connectivity index (χ2v) is 6.09. The van der Waals surface area contributed by atoms with Crippen LogP contribution in [-0.2, 0) is 10.0 Å². The zero-order chi connectivity index (χ0) is 15.5. The van der Waals surface area contributed by atoms with Crippen molar-refractivity contribution < 1.29 is 17.9 Å². The van der Waals surface area contributed by atoms with Gasteiger partial charge < -0.3 is 9.47 Å². The molecule has 0 radical (unpaired) electrons. The SMILES string of the molecule is COc1ccc(NS(=O)(=O)c2ccccc2C)cc1OC. The van der Waals surface area contributed by atoms with Gasteiger partial charge in [-0.3, -0.25) is 4.72 Å². The zero-order valence-corrected chi connectivity index (χ0v) is 12.9. The van der Waals surface area contributed by atoms with Crippen LogP contribution in [0, 0.1) is 6.92 Å². The summed E-state index contributed by atoms with van der Waals surface area (Å²) in [6, 6.07) is 11.7. The van der Waals surface area contributed by atoms with E-state index < -0.39 is 10.0 Å². The highest BCUT2D eigenvalue weighted by molar-refractivity contribution is 7.92. The van der Waals surface area contributed by atoms with Crippen LogP contribution >= 0.6 is 0 Å². The van der Waals surface area contributed by atoms with Crippen LogP contribution in [0.15, 0.2) is 47.4 Å². The third-order valence-corrected chi connectivity index (χ3v) is 4.56. The average molecular weight is 307 g/mol. The maximum absolute atomic E-state index is 12.4. The third-order valence-electron chi connectivity index (χ3n) is 3.02. The standard InChI is InChI=1S/C15H17NO4S/c1-11-6-4-5-7-15(11)21(17,18)16-12-8-9-13(19-2)14(10-12)20-3/h4-10,16H,1-3H3. The minimum absolute atomic E-state index is 0.250. The van der Waals surface area contributed by atoms with Crippen LogP contribution in [-0.4, -0.2) is 22.6 Å². The van der Waals surface area contributed by atoms with Crippen LogP contribution in [0.4, 0.5) is 5.69 Å². The van der Waals surface area contributed by atoms with Crippen molar-refractivity contribution in [3.8, 4) is 11.5 Å². The van der Waals surface area contributed by atoms with E-state index in [2.05, 4.69) is 4.72 Å². The highest BCUT2D eigenvalue weighted by Crippen LogP contribution is 2.30. The number of rotatable bonds is 5. The van der Waals surface area contributed by atoms with Gasteiger partial charge >= 0.3 is 0 Å². The van der Waals surface area contributed by atoms with Crippen molar-refractivity contribution in [2.45, 2.75) is 11.8 Å². The summed E-state index contributed by atoms with van der Waals surface area (Å²) in [5.41, 5.74) is 1.10. The summed E-state index contributed by atoms with van der Waals surface area (Å²) >= 11 is 0. The lowest BCUT2D eigenvalue weighted by atomic mass is 10.2. The first-order valence-corrected chi connectivity index (χ1v) is 7.76. The van der Waals surface area contributed by atoms with Gasteiger partial charge in [0.25, 0.3) is 10.0 Å². The smallest absolute Gasteiger partial charge is 0.262 e. The lowest BCUT2D eigenvalue weighted by molar-refractivity contribution is 0.355. The Bertz CT molecular complexity index is 741. The van der Waals surface area contributed by atoms with E-state index in [1.165, 1.54) is 14.2 Å². The zero-order valence-electron chi connectivity index (χ0n) is 12.1. The van der Waals surface area contributed by atoms with Gasteiger partial charge in [-0.05, 0) is 30.7 Å². The van der Waals surface area contributed by atoms with E-state index in [0.717, 1.165) is 0 Å². The molecule has 21 heavy (non-hydrogen) atoms. The molecule has 0 amide bonds. The van der Waals surface area contributed by atoms with E-state index >= 15 is 0 Å². The molecule has 2 aromatic carbocycles. The normalized spacial score (nSPS) is 11.0. The molecule has 0 heterocycles. The number of hydrogen-bond acceptors (Lipinski definition) is 4. The molecule has 0 atom stereocenters. The van der Waals surface area contributed by atoms with Crippen LogP contribution in [0.1, 0.15) is 5.56 Å². The molecule has 0 aliphatic rings. The first-order chi connectivity index (χ1) is 9.97. The summed E-state index contributed by atoms with van der Waals surface area (Å²) < 4.78 is 37.6. The number of sulfonamides is 1. The maximum Gasteiger partial charge on any atom is 0.262 e. The summed E-state index contributed by atoms with van der Waals surface area (Å²) in [6.45, 7) is 1.75. The van der Waals surface area contributed by atoms with E-state index in [1.807, 2.05) is 0 Å².